The van der Waals surface area contributed by atoms with Gasteiger partial charge in [-0.25, -0.2) is 0 Å². The molecule has 1 aliphatic rings. The lowest BCUT2D eigenvalue weighted by Crippen LogP contribution is -2.35. The average Bonchev–Trinajstić information content (AvgIpc) is 2.74. The Morgan fingerprint density at radius 3 is 3.06 bits per heavy atom. The van der Waals surface area contributed by atoms with E-state index in [1.165, 1.54) is 46.7 Å². The average molecular weight is 293 g/mol. The van der Waals surface area contributed by atoms with Gasteiger partial charge in [0.05, 0.1) is 0 Å². The maximum Gasteiger partial charge on any atom is 0.0468 e. The first kappa shape index (κ1) is 11.3. The highest BCUT2D eigenvalue weighted by molar-refractivity contribution is 9.10. The van der Waals surface area contributed by atoms with E-state index in [4.69, 9.17) is 0 Å². The number of nitrogens with one attached hydrogen (secondary N) is 2. The van der Waals surface area contributed by atoms with Crippen molar-refractivity contribution in [2.75, 3.05) is 6.54 Å². The van der Waals surface area contributed by atoms with Crippen LogP contribution in [0.4, 0.5) is 0 Å². The summed E-state index contributed by atoms with van der Waals surface area (Å²) in [4.78, 5) is 3.30. The van der Waals surface area contributed by atoms with E-state index in [0.717, 1.165) is 6.42 Å². The summed E-state index contributed by atoms with van der Waals surface area (Å²) in [5, 5.41) is 4.97. The molecule has 0 radical (unpaired) electrons. The van der Waals surface area contributed by atoms with E-state index in [9.17, 15) is 0 Å². The summed E-state index contributed by atoms with van der Waals surface area (Å²) in [6, 6.07) is 7.18. The number of aromatic amines is 1. The molecule has 2 aromatic rings. The van der Waals surface area contributed by atoms with Crippen LogP contribution in [0.3, 0.4) is 0 Å². The summed E-state index contributed by atoms with van der Waals surface area (Å²) in [6.45, 7) is 1.18. The van der Waals surface area contributed by atoms with Crippen LogP contribution in [-0.4, -0.2) is 17.6 Å². The minimum atomic E-state index is 0.649. The van der Waals surface area contributed by atoms with Crippen LogP contribution in [0.15, 0.2) is 28.9 Å². The van der Waals surface area contributed by atoms with Crippen molar-refractivity contribution in [3.63, 3.8) is 0 Å². The Morgan fingerprint density at radius 2 is 2.24 bits per heavy atom. The van der Waals surface area contributed by atoms with Crippen LogP contribution in [-0.2, 0) is 6.42 Å². The molecule has 3 heteroatoms. The quantitative estimate of drug-likeness (QED) is 0.869. The molecule has 17 heavy (non-hydrogen) atoms. The van der Waals surface area contributed by atoms with Crippen molar-refractivity contribution in [1.82, 2.24) is 10.3 Å². The van der Waals surface area contributed by atoms with Gasteiger partial charge in [0.25, 0.3) is 0 Å². The minimum absolute atomic E-state index is 0.649. The Bertz CT molecular complexity index is 512. The standard InChI is InChI=1S/C14H17BrN2/c15-12-9-17-13-6-3-4-10(14(12)13)8-11-5-1-2-7-16-11/h3-4,6,9,11,16-17H,1-2,5,7-8H2. The van der Waals surface area contributed by atoms with Crippen molar-refractivity contribution in [3.8, 4) is 0 Å². The fraction of sp³-hybridized carbons (Fsp3) is 0.429. The second-order valence-electron chi connectivity index (χ2n) is 4.83. The Morgan fingerprint density at radius 1 is 1.29 bits per heavy atom. The second kappa shape index (κ2) is 4.83. The molecule has 0 bridgehead atoms. The molecule has 1 aromatic carbocycles. The molecule has 1 saturated heterocycles. The smallest absolute Gasteiger partial charge is 0.0468 e. The lowest BCUT2D eigenvalue weighted by atomic mass is 9.96. The molecule has 0 aliphatic carbocycles. The monoisotopic (exact) mass is 292 g/mol. The molecule has 3 rings (SSSR count). The van der Waals surface area contributed by atoms with Gasteiger partial charge in [-0.1, -0.05) is 18.6 Å². The van der Waals surface area contributed by atoms with Crippen LogP contribution in [0.1, 0.15) is 24.8 Å². The van der Waals surface area contributed by atoms with Gasteiger partial charge in [-0.15, -0.1) is 0 Å². The van der Waals surface area contributed by atoms with Crippen molar-refractivity contribution in [3.05, 3.63) is 34.4 Å². The molecule has 1 unspecified atom stereocenters. The molecule has 0 amide bonds. The zero-order valence-corrected chi connectivity index (χ0v) is 11.4. The van der Waals surface area contributed by atoms with E-state index in [1.54, 1.807) is 0 Å². The Kier molecular flexibility index (Phi) is 3.21. The normalized spacial score (nSPS) is 20.9. The highest BCUT2D eigenvalue weighted by Gasteiger charge is 2.15. The van der Waals surface area contributed by atoms with Crippen molar-refractivity contribution in [2.45, 2.75) is 31.7 Å². The maximum absolute atomic E-state index is 3.63. The van der Waals surface area contributed by atoms with Crippen LogP contribution in [0.5, 0.6) is 0 Å². The van der Waals surface area contributed by atoms with E-state index >= 15 is 0 Å². The minimum Gasteiger partial charge on any atom is -0.360 e. The molecule has 0 saturated carbocycles. The summed E-state index contributed by atoms with van der Waals surface area (Å²) in [6.07, 6.45) is 7.16. The van der Waals surface area contributed by atoms with Crippen molar-refractivity contribution in [1.29, 1.82) is 0 Å². The van der Waals surface area contributed by atoms with Gasteiger partial charge in [0.15, 0.2) is 0 Å². The number of H-pyrrole nitrogens is 1. The fourth-order valence-corrected chi connectivity index (χ4v) is 3.33. The third-order valence-electron chi connectivity index (χ3n) is 3.62. The van der Waals surface area contributed by atoms with Gasteiger partial charge in [0.1, 0.15) is 0 Å². The third kappa shape index (κ3) is 2.26. The van der Waals surface area contributed by atoms with Crippen molar-refractivity contribution < 1.29 is 0 Å². The first-order valence-corrected chi connectivity index (χ1v) is 7.12. The topological polar surface area (TPSA) is 27.8 Å². The van der Waals surface area contributed by atoms with Crippen LogP contribution >= 0.6 is 15.9 Å². The largest absolute Gasteiger partial charge is 0.360 e. The lowest BCUT2D eigenvalue weighted by molar-refractivity contribution is 0.400. The summed E-state index contributed by atoms with van der Waals surface area (Å²) in [7, 11) is 0. The fourth-order valence-electron chi connectivity index (χ4n) is 2.75. The van der Waals surface area contributed by atoms with Gasteiger partial charge in [-0.05, 0) is 53.4 Å². The predicted octanol–water partition coefficient (Wildman–Crippen LogP) is 3.62. The van der Waals surface area contributed by atoms with E-state index < -0.39 is 0 Å². The molecule has 1 atom stereocenters. The first-order chi connectivity index (χ1) is 8.34. The molecule has 2 nitrogen and oxygen atoms in total. The Balaban J connectivity index is 1.91. The highest BCUT2D eigenvalue weighted by atomic mass is 79.9. The van der Waals surface area contributed by atoms with E-state index in [-0.39, 0.29) is 0 Å². The lowest BCUT2D eigenvalue weighted by Gasteiger charge is -2.23. The number of rotatable bonds is 2. The van der Waals surface area contributed by atoms with Gasteiger partial charge < -0.3 is 10.3 Å². The zero-order chi connectivity index (χ0) is 11.7. The van der Waals surface area contributed by atoms with Crippen LogP contribution in [0, 0.1) is 0 Å². The van der Waals surface area contributed by atoms with Crippen LogP contribution in [0.2, 0.25) is 0 Å². The molecule has 2 N–H and O–H groups in total. The molecular formula is C14H17BrN2. The molecule has 2 heterocycles. The summed E-state index contributed by atoms with van der Waals surface area (Å²) >= 11 is 3.63. The van der Waals surface area contributed by atoms with Crippen molar-refractivity contribution >= 4 is 26.8 Å². The molecular weight excluding hydrogens is 276 g/mol. The number of halogens is 1. The maximum atomic E-state index is 3.63. The third-order valence-corrected chi connectivity index (χ3v) is 4.25. The molecule has 0 spiro atoms. The van der Waals surface area contributed by atoms with Gasteiger partial charge in [0.2, 0.25) is 0 Å². The Hall–Kier alpha value is -0.800. The van der Waals surface area contributed by atoms with Gasteiger partial charge in [-0.2, -0.15) is 0 Å². The van der Waals surface area contributed by atoms with Crippen LogP contribution in [0.25, 0.3) is 10.9 Å². The van der Waals surface area contributed by atoms with Gasteiger partial charge in [0, 0.05) is 27.6 Å². The summed E-state index contributed by atoms with van der Waals surface area (Å²) < 4.78 is 1.18. The number of hydrogen-bond donors (Lipinski definition) is 2. The number of hydrogen-bond acceptors (Lipinski definition) is 1. The van der Waals surface area contributed by atoms with E-state index in [2.05, 4.69) is 44.4 Å². The van der Waals surface area contributed by atoms with Gasteiger partial charge in [-0.3, -0.25) is 0 Å². The number of aromatic nitrogens is 1. The number of piperidine rings is 1. The Labute approximate surface area is 110 Å². The second-order valence-corrected chi connectivity index (χ2v) is 5.68. The molecule has 1 aromatic heterocycles. The first-order valence-electron chi connectivity index (χ1n) is 6.32. The van der Waals surface area contributed by atoms with Crippen molar-refractivity contribution in [2.24, 2.45) is 0 Å². The molecule has 1 aliphatic heterocycles. The predicted molar refractivity (Wildman–Crippen MR) is 75.3 cm³/mol. The van der Waals surface area contributed by atoms with Gasteiger partial charge >= 0.3 is 0 Å². The van der Waals surface area contributed by atoms with E-state index in [0.29, 0.717) is 6.04 Å². The van der Waals surface area contributed by atoms with E-state index in [1.807, 2.05) is 6.20 Å². The molecule has 1 fully saturated rings. The highest BCUT2D eigenvalue weighted by Crippen LogP contribution is 2.28. The summed E-state index contributed by atoms with van der Waals surface area (Å²) in [5.74, 6) is 0. The summed E-state index contributed by atoms with van der Waals surface area (Å²) in [5.41, 5.74) is 2.67. The SMILES string of the molecule is Brc1c[nH]c2cccc(CC3CCCCN3)c12. The zero-order valence-electron chi connectivity index (χ0n) is 9.80. The number of fused-ring (bicyclic) bond motifs is 1. The van der Waals surface area contributed by atoms with Crippen LogP contribution < -0.4 is 5.32 Å². The molecule has 90 valence electrons. The number of benzene rings is 1.